The molecule has 5 heteroatoms. The quantitative estimate of drug-likeness (QED) is 0.599. The van der Waals surface area contributed by atoms with Crippen molar-refractivity contribution in [1.29, 1.82) is 0 Å². The third kappa shape index (κ3) is 4.41. The van der Waals surface area contributed by atoms with Crippen molar-refractivity contribution < 1.29 is 4.74 Å². The number of nitrogens with one attached hydrogen (secondary N) is 1. The number of rotatable bonds is 7. The lowest BCUT2D eigenvalue weighted by Crippen LogP contribution is -2.46. The third-order valence-electron chi connectivity index (χ3n) is 2.90. The fourth-order valence-corrected chi connectivity index (χ4v) is 2.44. The van der Waals surface area contributed by atoms with E-state index in [0.717, 1.165) is 12.0 Å². The van der Waals surface area contributed by atoms with Crippen LogP contribution in [0.1, 0.15) is 25.8 Å². The molecule has 0 radical (unpaired) electrons. The molecule has 0 aliphatic heterocycles. The summed E-state index contributed by atoms with van der Waals surface area (Å²) in [6, 6.07) is 5.54. The van der Waals surface area contributed by atoms with Crippen LogP contribution in [-0.4, -0.2) is 18.8 Å². The van der Waals surface area contributed by atoms with E-state index in [1.165, 1.54) is 0 Å². The van der Waals surface area contributed by atoms with Gasteiger partial charge in [0, 0.05) is 16.7 Å². The van der Waals surface area contributed by atoms with Crippen LogP contribution in [0.4, 0.5) is 0 Å². The summed E-state index contributed by atoms with van der Waals surface area (Å²) in [5, 5.41) is 1.30. The highest BCUT2D eigenvalue weighted by Crippen LogP contribution is 2.23. The van der Waals surface area contributed by atoms with Crippen LogP contribution in [0.2, 0.25) is 10.0 Å². The molecule has 0 saturated carbocycles. The van der Waals surface area contributed by atoms with E-state index in [4.69, 9.17) is 33.8 Å². The maximum atomic E-state index is 6.16. The summed E-state index contributed by atoms with van der Waals surface area (Å²) in [6.07, 6.45) is 1.69. The van der Waals surface area contributed by atoms with Gasteiger partial charge in [-0.05, 0) is 37.5 Å². The Kier molecular flexibility index (Phi) is 6.97. The zero-order chi connectivity index (χ0) is 13.5. The van der Waals surface area contributed by atoms with Crippen molar-refractivity contribution in [2.75, 3.05) is 6.61 Å². The summed E-state index contributed by atoms with van der Waals surface area (Å²) in [4.78, 5) is 0. The van der Waals surface area contributed by atoms with Gasteiger partial charge in [0.25, 0.3) is 0 Å². The largest absolute Gasteiger partial charge is 0.377 e. The number of hydrogen-bond donors (Lipinski definition) is 2. The molecule has 0 aromatic heterocycles. The fraction of sp³-hybridized carbons (Fsp3) is 0.538. The number of nitrogens with two attached hydrogens (primary N) is 1. The highest BCUT2D eigenvalue weighted by molar-refractivity contribution is 6.35. The van der Waals surface area contributed by atoms with E-state index in [1.807, 2.05) is 19.1 Å². The van der Waals surface area contributed by atoms with E-state index in [0.29, 0.717) is 23.1 Å². The van der Waals surface area contributed by atoms with E-state index in [1.54, 1.807) is 6.07 Å². The van der Waals surface area contributed by atoms with Crippen molar-refractivity contribution in [2.24, 2.45) is 5.84 Å². The van der Waals surface area contributed by atoms with Crippen molar-refractivity contribution in [3.05, 3.63) is 33.8 Å². The normalized spacial score (nSPS) is 14.5. The topological polar surface area (TPSA) is 47.3 Å². The predicted molar refractivity (Wildman–Crippen MR) is 77.0 cm³/mol. The van der Waals surface area contributed by atoms with Gasteiger partial charge in [0.05, 0.1) is 12.1 Å². The average Bonchev–Trinajstić information content (AvgIpc) is 2.36. The van der Waals surface area contributed by atoms with Crippen molar-refractivity contribution in [3.8, 4) is 0 Å². The number of benzene rings is 1. The molecule has 0 amide bonds. The average molecular weight is 291 g/mol. The molecular formula is C13H20Cl2N2O. The summed E-state index contributed by atoms with van der Waals surface area (Å²) in [5.74, 6) is 5.61. The van der Waals surface area contributed by atoms with Gasteiger partial charge in [-0.25, -0.2) is 0 Å². The summed E-state index contributed by atoms with van der Waals surface area (Å²) < 4.78 is 5.67. The summed E-state index contributed by atoms with van der Waals surface area (Å²) in [5.41, 5.74) is 3.83. The monoisotopic (exact) mass is 290 g/mol. The van der Waals surface area contributed by atoms with E-state index in [-0.39, 0.29) is 12.1 Å². The molecule has 0 heterocycles. The van der Waals surface area contributed by atoms with E-state index in [9.17, 15) is 0 Å². The molecule has 0 fully saturated rings. The minimum atomic E-state index is 0.0358. The first kappa shape index (κ1) is 15.7. The first-order chi connectivity index (χ1) is 8.62. The standard InChI is InChI=1S/C13H20Cl2N2O/c1-3-13(18-4-2)12(17-16)7-9-5-6-10(14)8-11(9)15/h5-6,8,12-13,17H,3-4,7,16H2,1-2H3. The van der Waals surface area contributed by atoms with Gasteiger partial charge in [-0.15, -0.1) is 0 Å². The first-order valence-corrected chi connectivity index (χ1v) is 6.89. The summed E-state index contributed by atoms with van der Waals surface area (Å²) >= 11 is 12.0. The fourth-order valence-electron chi connectivity index (χ4n) is 1.95. The Bertz CT molecular complexity index is 374. The molecule has 0 aliphatic carbocycles. The molecule has 0 bridgehead atoms. The van der Waals surface area contributed by atoms with Crippen molar-refractivity contribution >= 4 is 23.2 Å². The molecule has 2 atom stereocenters. The van der Waals surface area contributed by atoms with Gasteiger partial charge in [-0.2, -0.15) is 0 Å². The third-order valence-corrected chi connectivity index (χ3v) is 3.49. The molecule has 1 rings (SSSR count). The van der Waals surface area contributed by atoms with Crippen LogP contribution in [0.5, 0.6) is 0 Å². The van der Waals surface area contributed by atoms with Gasteiger partial charge in [-0.3, -0.25) is 11.3 Å². The Morgan fingerprint density at radius 1 is 1.33 bits per heavy atom. The van der Waals surface area contributed by atoms with Crippen LogP contribution in [0.25, 0.3) is 0 Å². The Morgan fingerprint density at radius 2 is 2.06 bits per heavy atom. The van der Waals surface area contributed by atoms with Crippen LogP contribution in [0, 0.1) is 0 Å². The van der Waals surface area contributed by atoms with Gasteiger partial charge >= 0.3 is 0 Å². The van der Waals surface area contributed by atoms with Gasteiger partial charge in [0.1, 0.15) is 0 Å². The number of hydrazine groups is 1. The number of ether oxygens (including phenoxy) is 1. The molecule has 0 saturated heterocycles. The van der Waals surface area contributed by atoms with Crippen LogP contribution in [0.15, 0.2) is 18.2 Å². The van der Waals surface area contributed by atoms with Crippen molar-refractivity contribution in [3.63, 3.8) is 0 Å². The van der Waals surface area contributed by atoms with Gasteiger partial charge in [-0.1, -0.05) is 36.2 Å². The zero-order valence-electron chi connectivity index (χ0n) is 10.7. The lowest BCUT2D eigenvalue weighted by Gasteiger charge is -2.25. The Hall–Kier alpha value is -0.320. The molecule has 102 valence electrons. The van der Waals surface area contributed by atoms with Crippen molar-refractivity contribution in [1.82, 2.24) is 5.43 Å². The summed E-state index contributed by atoms with van der Waals surface area (Å²) in [7, 11) is 0. The molecule has 3 nitrogen and oxygen atoms in total. The molecule has 1 aromatic rings. The second kappa shape index (κ2) is 7.97. The van der Waals surface area contributed by atoms with Gasteiger partial charge < -0.3 is 4.74 Å². The maximum Gasteiger partial charge on any atom is 0.0741 e. The molecule has 2 unspecified atom stereocenters. The van der Waals surface area contributed by atoms with Gasteiger partial charge in [0.2, 0.25) is 0 Å². The SMILES string of the molecule is CCOC(CC)C(Cc1ccc(Cl)cc1Cl)NN. The molecule has 0 spiro atoms. The summed E-state index contributed by atoms with van der Waals surface area (Å²) in [6.45, 7) is 4.73. The minimum absolute atomic E-state index is 0.0358. The van der Waals surface area contributed by atoms with Crippen LogP contribution < -0.4 is 11.3 Å². The molecule has 1 aromatic carbocycles. The van der Waals surface area contributed by atoms with E-state index < -0.39 is 0 Å². The van der Waals surface area contributed by atoms with Crippen LogP contribution >= 0.6 is 23.2 Å². The zero-order valence-corrected chi connectivity index (χ0v) is 12.3. The smallest absolute Gasteiger partial charge is 0.0741 e. The second-order valence-corrected chi connectivity index (χ2v) is 4.96. The highest BCUT2D eigenvalue weighted by Gasteiger charge is 2.20. The highest BCUT2D eigenvalue weighted by atomic mass is 35.5. The first-order valence-electron chi connectivity index (χ1n) is 6.14. The predicted octanol–water partition coefficient (Wildman–Crippen LogP) is 3.18. The van der Waals surface area contributed by atoms with Crippen LogP contribution in [-0.2, 0) is 11.2 Å². The van der Waals surface area contributed by atoms with E-state index in [2.05, 4.69) is 12.3 Å². The molecular weight excluding hydrogens is 271 g/mol. The number of halogens is 2. The maximum absolute atomic E-state index is 6.16. The Balaban J connectivity index is 2.78. The van der Waals surface area contributed by atoms with Gasteiger partial charge in [0.15, 0.2) is 0 Å². The van der Waals surface area contributed by atoms with Crippen molar-refractivity contribution in [2.45, 2.75) is 38.8 Å². The molecule has 18 heavy (non-hydrogen) atoms. The lowest BCUT2D eigenvalue weighted by molar-refractivity contribution is 0.0319. The Labute approximate surface area is 119 Å². The molecule has 0 aliphatic rings. The van der Waals surface area contributed by atoms with E-state index >= 15 is 0 Å². The van der Waals surface area contributed by atoms with Crippen LogP contribution in [0.3, 0.4) is 0 Å². The lowest BCUT2D eigenvalue weighted by atomic mass is 10.00. The number of hydrogen-bond acceptors (Lipinski definition) is 3. The Morgan fingerprint density at radius 3 is 2.56 bits per heavy atom. The molecule has 3 N–H and O–H groups in total. The second-order valence-electron chi connectivity index (χ2n) is 4.12. The minimum Gasteiger partial charge on any atom is -0.377 e.